The van der Waals surface area contributed by atoms with E-state index in [1.165, 1.54) is 11.1 Å². The number of H-pyrrole nitrogens is 1. The van der Waals surface area contributed by atoms with Gasteiger partial charge in [-0.15, -0.1) is 11.8 Å². The molecule has 27 heavy (non-hydrogen) atoms. The number of benzene rings is 3. The van der Waals surface area contributed by atoms with Crippen molar-refractivity contribution in [2.24, 2.45) is 0 Å². The fourth-order valence-electron chi connectivity index (χ4n) is 3.43. The summed E-state index contributed by atoms with van der Waals surface area (Å²) < 4.78 is 0. The zero-order valence-electron chi connectivity index (χ0n) is 15.5. The topological polar surface area (TPSA) is 32.9 Å². The summed E-state index contributed by atoms with van der Waals surface area (Å²) in [5, 5.41) is 0.989. The Morgan fingerprint density at radius 2 is 1.67 bits per heavy atom. The van der Waals surface area contributed by atoms with Gasteiger partial charge in [0.2, 0.25) is 0 Å². The lowest BCUT2D eigenvalue weighted by Gasteiger charge is -2.08. The maximum Gasteiger partial charge on any atom is 0.175 e. The monoisotopic (exact) mass is 371 g/mol. The molecule has 1 aromatic heterocycles. The minimum atomic E-state index is 0.149. The van der Waals surface area contributed by atoms with Gasteiger partial charge in [0.1, 0.15) is 0 Å². The number of aromatic amines is 1. The predicted molar refractivity (Wildman–Crippen MR) is 115 cm³/mol. The molecule has 0 atom stereocenters. The molecule has 134 valence electrons. The highest BCUT2D eigenvalue weighted by atomic mass is 32.2. The van der Waals surface area contributed by atoms with Gasteiger partial charge in [-0.25, -0.2) is 0 Å². The summed E-state index contributed by atoms with van der Waals surface area (Å²) in [4.78, 5) is 17.8. The van der Waals surface area contributed by atoms with E-state index in [1.54, 1.807) is 11.8 Å². The number of ketones is 1. The molecule has 0 unspecified atom stereocenters. The molecular formula is C24H21NOS. The van der Waals surface area contributed by atoms with Gasteiger partial charge < -0.3 is 4.98 Å². The normalized spacial score (nSPS) is 11.0. The first kappa shape index (κ1) is 17.6. The number of aryl methyl sites for hydroxylation is 2. The molecule has 3 heteroatoms. The molecule has 0 saturated carbocycles. The molecule has 0 radical (unpaired) electrons. The van der Waals surface area contributed by atoms with Gasteiger partial charge >= 0.3 is 0 Å². The summed E-state index contributed by atoms with van der Waals surface area (Å²) in [6, 6.07) is 24.5. The highest BCUT2D eigenvalue weighted by molar-refractivity contribution is 8.00. The predicted octanol–water partition coefficient (Wildman–Crippen LogP) is 6.43. The van der Waals surface area contributed by atoms with Crippen LogP contribution in [0.15, 0.2) is 77.7 Å². The van der Waals surface area contributed by atoms with Crippen LogP contribution in [0.5, 0.6) is 0 Å². The van der Waals surface area contributed by atoms with Crippen molar-refractivity contribution in [2.75, 3.05) is 5.75 Å². The number of rotatable bonds is 5. The van der Waals surface area contributed by atoms with Crippen LogP contribution < -0.4 is 0 Å². The number of hydrogen-bond donors (Lipinski definition) is 1. The van der Waals surface area contributed by atoms with E-state index in [0.29, 0.717) is 5.75 Å². The second-order valence-corrected chi connectivity index (χ2v) is 7.78. The number of carbonyl (C=O) groups excluding carboxylic acids is 1. The average molecular weight is 372 g/mol. The zero-order chi connectivity index (χ0) is 18.8. The molecule has 0 aliphatic rings. The fraction of sp³-hybridized carbons (Fsp3) is 0.125. The number of thioether (sulfide) groups is 1. The van der Waals surface area contributed by atoms with Gasteiger partial charge in [-0.05, 0) is 37.1 Å². The summed E-state index contributed by atoms with van der Waals surface area (Å²) in [5.74, 6) is 0.572. The quantitative estimate of drug-likeness (QED) is 0.324. The standard InChI is InChI=1S/C24H21NOS/c1-16-12-13-22(17(2)14-16)27-15-21(26)23-19-10-6-7-11-20(19)25-24(23)18-8-4-3-5-9-18/h3-14,25H,15H2,1-2H3. The molecule has 2 nitrogen and oxygen atoms in total. The molecule has 4 rings (SSSR count). The Bertz CT molecular complexity index is 1110. The summed E-state index contributed by atoms with van der Waals surface area (Å²) >= 11 is 1.61. The van der Waals surface area contributed by atoms with E-state index >= 15 is 0 Å². The van der Waals surface area contributed by atoms with Crippen LogP contribution >= 0.6 is 11.8 Å². The lowest BCUT2D eigenvalue weighted by atomic mass is 10.0. The Kier molecular flexibility index (Phi) is 4.87. The van der Waals surface area contributed by atoms with Crippen LogP contribution in [0, 0.1) is 13.8 Å². The average Bonchev–Trinajstić information content (AvgIpc) is 3.07. The maximum atomic E-state index is 13.2. The Balaban J connectivity index is 1.70. The van der Waals surface area contributed by atoms with Crippen molar-refractivity contribution in [3.63, 3.8) is 0 Å². The van der Waals surface area contributed by atoms with Crippen molar-refractivity contribution in [1.82, 2.24) is 4.98 Å². The van der Waals surface area contributed by atoms with E-state index in [4.69, 9.17) is 0 Å². The SMILES string of the molecule is Cc1ccc(SCC(=O)c2c(-c3ccccc3)[nH]c3ccccc23)c(C)c1. The second-order valence-electron chi connectivity index (χ2n) is 6.77. The minimum Gasteiger partial charge on any atom is -0.354 e. The van der Waals surface area contributed by atoms with Gasteiger partial charge in [-0.1, -0.05) is 66.2 Å². The first-order valence-electron chi connectivity index (χ1n) is 9.03. The Labute approximate surface area is 163 Å². The molecule has 1 N–H and O–H groups in total. The maximum absolute atomic E-state index is 13.2. The molecule has 3 aromatic carbocycles. The Morgan fingerprint density at radius 3 is 2.44 bits per heavy atom. The number of para-hydroxylation sites is 1. The molecule has 0 amide bonds. The molecule has 0 saturated heterocycles. The summed E-state index contributed by atoms with van der Waals surface area (Å²) in [6.45, 7) is 4.19. The zero-order valence-corrected chi connectivity index (χ0v) is 16.3. The first-order valence-corrected chi connectivity index (χ1v) is 10.0. The van der Waals surface area contributed by atoms with Gasteiger partial charge in [-0.2, -0.15) is 0 Å². The Morgan fingerprint density at radius 1 is 0.926 bits per heavy atom. The number of nitrogens with one attached hydrogen (secondary N) is 1. The largest absolute Gasteiger partial charge is 0.354 e. The van der Waals surface area contributed by atoms with Crippen molar-refractivity contribution in [1.29, 1.82) is 0 Å². The van der Waals surface area contributed by atoms with E-state index in [1.807, 2.05) is 54.6 Å². The number of fused-ring (bicyclic) bond motifs is 1. The molecule has 0 bridgehead atoms. The van der Waals surface area contributed by atoms with Crippen LogP contribution in [0.4, 0.5) is 0 Å². The van der Waals surface area contributed by atoms with Crippen molar-refractivity contribution < 1.29 is 4.79 Å². The molecular weight excluding hydrogens is 350 g/mol. The van der Waals surface area contributed by atoms with Crippen LogP contribution in [0.25, 0.3) is 22.2 Å². The van der Waals surface area contributed by atoms with Crippen molar-refractivity contribution in [3.8, 4) is 11.3 Å². The minimum absolute atomic E-state index is 0.149. The molecule has 0 aliphatic heterocycles. The van der Waals surface area contributed by atoms with E-state index in [0.717, 1.165) is 32.6 Å². The summed E-state index contributed by atoms with van der Waals surface area (Å²) in [5.41, 5.74) is 6.18. The summed E-state index contributed by atoms with van der Waals surface area (Å²) in [6.07, 6.45) is 0. The van der Waals surface area contributed by atoms with Gasteiger partial charge in [0.15, 0.2) is 5.78 Å². The molecule has 0 spiro atoms. The summed E-state index contributed by atoms with van der Waals surface area (Å²) in [7, 11) is 0. The van der Waals surface area contributed by atoms with Crippen LogP contribution in [-0.4, -0.2) is 16.5 Å². The highest BCUT2D eigenvalue weighted by Gasteiger charge is 2.19. The fourth-order valence-corrected chi connectivity index (χ4v) is 4.31. The van der Waals surface area contributed by atoms with E-state index < -0.39 is 0 Å². The molecule has 1 heterocycles. The van der Waals surface area contributed by atoms with Crippen molar-refractivity contribution >= 4 is 28.4 Å². The number of aromatic nitrogens is 1. The number of Topliss-reactive ketones (excluding diaryl/α,β-unsaturated/α-hetero) is 1. The van der Waals surface area contributed by atoms with E-state index in [9.17, 15) is 4.79 Å². The van der Waals surface area contributed by atoms with E-state index in [-0.39, 0.29) is 5.78 Å². The molecule has 0 aliphatic carbocycles. The van der Waals surface area contributed by atoms with Gasteiger partial charge in [0.25, 0.3) is 0 Å². The van der Waals surface area contributed by atoms with Crippen molar-refractivity contribution in [2.45, 2.75) is 18.7 Å². The van der Waals surface area contributed by atoms with Crippen LogP contribution in [0.3, 0.4) is 0 Å². The lowest BCUT2D eigenvalue weighted by Crippen LogP contribution is -2.04. The Hall–Kier alpha value is -2.78. The van der Waals surface area contributed by atoms with Crippen LogP contribution in [0.1, 0.15) is 21.5 Å². The highest BCUT2D eigenvalue weighted by Crippen LogP contribution is 2.32. The second kappa shape index (κ2) is 7.45. The first-order chi connectivity index (χ1) is 13.1. The lowest BCUT2D eigenvalue weighted by molar-refractivity contribution is 0.102. The van der Waals surface area contributed by atoms with E-state index in [2.05, 4.69) is 37.0 Å². The van der Waals surface area contributed by atoms with Crippen LogP contribution in [-0.2, 0) is 0 Å². The van der Waals surface area contributed by atoms with Gasteiger partial charge in [-0.3, -0.25) is 4.79 Å². The van der Waals surface area contributed by atoms with Gasteiger partial charge in [0.05, 0.1) is 17.0 Å². The smallest absolute Gasteiger partial charge is 0.175 e. The number of carbonyl (C=O) groups is 1. The van der Waals surface area contributed by atoms with Crippen LogP contribution in [0.2, 0.25) is 0 Å². The third-order valence-corrected chi connectivity index (χ3v) is 5.91. The molecule has 0 fully saturated rings. The third-order valence-electron chi connectivity index (χ3n) is 4.74. The number of hydrogen-bond acceptors (Lipinski definition) is 2. The molecule has 4 aromatic rings. The van der Waals surface area contributed by atoms with Crippen molar-refractivity contribution in [3.05, 3.63) is 89.5 Å². The third kappa shape index (κ3) is 3.56. The van der Waals surface area contributed by atoms with Gasteiger partial charge in [0, 0.05) is 15.8 Å².